The molecule has 0 bridgehead atoms. The van der Waals surface area contributed by atoms with Crippen molar-refractivity contribution in [3.8, 4) is 6.07 Å². The van der Waals surface area contributed by atoms with Crippen molar-refractivity contribution in [2.75, 3.05) is 7.11 Å². The van der Waals surface area contributed by atoms with E-state index in [-0.39, 0.29) is 5.71 Å². The lowest BCUT2D eigenvalue weighted by Crippen LogP contribution is -2.29. The molecule has 0 aliphatic heterocycles. The number of rotatable bonds is 4. The van der Waals surface area contributed by atoms with Crippen molar-refractivity contribution in [2.45, 2.75) is 6.54 Å². The summed E-state index contributed by atoms with van der Waals surface area (Å²) < 4.78 is 0. The van der Waals surface area contributed by atoms with E-state index < -0.39 is 5.91 Å². The van der Waals surface area contributed by atoms with Gasteiger partial charge in [-0.25, -0.2) is 0 Å². The molecule has 1 amide bonds. The molecule has 0 saturated carbocycles. The molecule has 1 aromatic rings. The second kappa shape index (κ2) is 5.78. The highest BCUT2D eigenvalue weighted by Crippen LogP contribution is 2.07. The van der Waals surface area contributed by atoms with Crippen LogP contribution in [-0.2, 0) is 16.2 Å². The normalized spacial score (nSPS) is 10.5. The van der Waals surface area contributed by atoms with E-state index in [1.807, 2.05) is 17.5 Å². The quantitative estimate of drug-likeness (QED) is 0.608. The Morgan fingerprint density at radius 1 is 1.80 bits per heavy atom. The van der Waals surface area contributed by atoms with Gasteiger partial charge >= 0.3 is 0 Å². The molecule has 0 fully saturated rings. The van der Waals surface area contributed by atoms with Gasteiger partial charge in [-0.05, 0) is 11.4 Å². The van der Waals surface area contributed by atoms with Gasteiger partial charge in [0.1, 0.15) is 13.2 Å². The van der Waals surface area contributed by atoms with E-state index in [0.29, 0.717) is 6.54 Å². The zero-order chi connectivity index (χ0) is 11.1. The molecule has 0 aliphatic carbocycles. The molecule has 0 aliphatic rings. The molecular formula is C9H9N3O2S. The number of nitrogens with zero attached hydrogens (tertiary/aromatic N) is 2. The summed E-state index contributed by atoms with van der Waals surface area (Å²) in [5, 5.41) is 16.3. The molecule has 1 heterocycles. The van der Waals surface area contributed by atoms with Crippen molar-refractivity contribution in [1.29, 1.82) is 5.26 Å². The van der Waals surface area contributed by atoms with E-state index in [4.69, 9.17) is 5.26 Å². The first-order valence-electron chi connectivity index (χ1n) is 4.09. The van der Waals surface area contributed by atoms with Crippen molar-refractivity contribution >= 4 is 23.0 Å². The fourth-order valence-corrected chi connectivity index (χ4v) is 1.51. The minimum absolute atomic E-state index is 0.283. The first-order valence-corrected chi connectivity index (χ1v) is 4.97. The highest BCUT2D eigenvalue weighted by molar-refractivity contribution is 7.09. The number of carbonyl (C=O) groups is 1. The minimum atomic E-state index is -0.534. The zero-order valence-corrected chi connectivity index (χ0v) is 8.87. The maximum atomic E-state index is 11.3. The number of amides is 1. The van der Waals surface area contributed by atoms with Gasteiger partial charge in [0.15, 0.2) is 0 Å². The smallest absolute Gasteiger partial charge is 0.284 e. The Hall–Kier alpha value is -1.87. The average molecular weight is 223 g/mol. The first-order chi connectivity index (χ1) is 7.27. The Morgan fingerprint density at radius 2 is 2.60 bits per heavy atom. The van der Waals surface area contributed by atoms with E-state index in [1.165, 1.54) is 18.4 Å². The summed E-state index contributed by atoms with van der Waals surface area (Å²) >= 11 is 1.53. The van der Waals surface area contributed by atoms with Gasteiger partial charge < -0.3 is 10.2 Å². The first kappa shape index (κ1) is 11.2. The zero-order valence-electron chi connectivity index (χ0n) is 8.06. The second-order valence-electron chi connectivity index (χ2n) is 2.50. The number of thiophene rings is 1. The van der Waals surface area contributed by atoms with Crippen LogP contribution in [0.25, 0.3) is 0 Å². The number of hydrogen-bond acceptors (Lipinski definition) is 5. The van der Waals surface area contributed by atoms with Crippen LogP contribution in [0.3, 0.4) is 0 Å². The standard InChI is InChI=1S/C9H9N3O2S/c1-14-12-8(5-10)9(13)11-6-7-3-2-4-15-7/h2-4H,6H2,1H3,(H,11,13)/b12-8+. The van der Waals surface area contributed by atoms with Gasteiger partial charge in [0.2, 0.25) is 5.71 Å². The van der Waals surface area contributed by atoms with Crippen LogP contribution in [0.2, 0.25) is 0 Å². The molecule has 0 unspecified atom stereocenters. The van der Waals surface area contributed by atoms with Gasteiger partial charge in [0.25, 0.3) is 5.91 Å². The molecule has 1 aromatic heterocycles. The monoisotopic (exact) mass is 223 g/mol. The number of nitriles is 1. The van der Waals surface area contributed by atoms with Gasteiger partial charge in [0, 0.05) is 4.88 Å². The van der Waals surface area contributed by atoms with E-state index in [0.717, 1.165) is 4.88 Å². The highest BCUT2D eigenvalue weighted by Gasteiger charge is 2.10. The maximum Gasteiger partial charge on any atom is 0.284 e. The number of hydrogen-bond donors (Lipinski definition) is 1. The SMILES string of the molecule is CO/N=C(\C#N)C(=O)NCc1cccs1. The van der Waals surface area contributed by atoms with Gasteiger partial charge in [-0.15, -0.1) is 11.3 Å². The van der Waals surface area contributed by atoms with Gasteiger partial charge in [-0.1, -0.05) is 11.2 Å². The molecular weight excluding hydrogens is 214 g/mol. The molecule has 0 radical (unpaired) electrons. The van der Waals surface area contributed by atoms with Crippen LogP contribution in [-0.4, -0.2) is 18.7 Å². The summed E-state index contributed by atoms with van der Waals surface area (Å²) in [5.41, 5.74) is -0.283. The lowest BCUT2D eigenvalue weighted by molar-refractivity contribution is -0.115. The fourth-order valence-electron chi connectivity index (χ4n) is 0.868. The van der Waals surface area contributed by atoms with Crippen LogP contribution in [0.1, 0.15) is 4.88 Å². The lowest BCUT2D eigenvalue weighted by atomic mass is 10.3. The Bertz CT molecular complexity index is 392. The van der Waals surface area contributed by atoms with Crippen molar-refractivity contribution in [1.82, 2.24) is 5.32 Å². The molecule has 0 spiro atoms. The summed E-state index contributed by atoms with van der Waals surface area (Å²) in [7, 11) is 1.28. The van der Waals surface area contributed by atoms with E-state index in [1.54, 1.807) is 6.07 Å². The van der Waals surface area contributed by atoms with E-state index >= 15 is 0 Å². The number of nitrogens with one attached hydrogen (secondary N) is 1. The van der Waals surface area contributed by atoms with Crippen LogP contribution < -0.4 is 5.32 Å². The number of oxime groups is 1. The molecule has 0 atom stereocenters. The van der Waals surface area contributed by atoms with Crippen LogP contribution >= 0.6 is 11.3 Å². The summed E-state index contributed by atoms with van der Waals surface area (Å²) in [5.74, 6) is -0.534. The van der Waals surface area contributed by atoms with E-state index in [2.05, 4.69) is 15.3 Å². The molecule has 0 aromatic carbocycles. The Kier molecular flexibility index (Phi) is 4.31. The third-order valence-corrected chi connectivity index (χ3v) is 2.38. The summed E-state index contributed by atoms with van der Waals surface area (Å²) in [4.78, 5) is 16.7. The largest absolute Gasteiger partial charge is 0.398 e. The van der Waals surface area contributed by atoms with Crippen molar-refractivity contribution in [3.63, 3.8) is 0 Å². The predicted molar refractivity (Wildman–Crippen MR) is 56.2 cm³/mol. The highest BCUT2D eigenvalue weighted by atomic mass is 32.1. The molecule has 1 N–H and O–H groups in total. The minimum Gasteiger partial charge on any atom is -0.398 e. The van der Waals surface area contributed by atoms with Gasteiger partial charge in [0.05, 0.1) is 6.54 Å². The maximum absolute atomic E-state index is 11.3. The Labute approximate surface area is 91.0 Å². The molecule has 6 heteroatoms. The molecule has 5 nitrogen and oxygen atoms in total. The fraction of sp³-hybridized carbons (Fsp3) is 0.222. The summed E-state index contributed by atoms with van der Waals surface area (Å²) in [6.45, 7) is 0.390. The van der Waals surface area contributed by atoms with Gasteiger partial charge in [-0.3, -0.25) is 4.79 Å². The third-order valence-electron chi connectivity index (χ3n) is 1.51. The Morgan fingerprint density at radius 3 is 3.13 bits per heavy atom. The van der Waals surface area contributed by atoms with Crippen LogP contribution in [0, 0.1) is 11.3 Å². The molecule has 1 rings (SSSR count). The van der Waals surface area contributed by atoms with Crippen molar-refractivity contribution in [3.05, 3.63) is 22.4 Å². The second-order valence-corrected chi connectivity index (χ2v) is 3.53. The lowest BCUT2D eigenvalue weighted by Gasteiger charge is -2.00. The molecule has 0 saturated heterocycles. The van der Waals surface area contributed by atoms with Crippen molar-refractivity contribution in [2.24, 2.45) is 5.16 Å². The average Bonchev–Trinajstić information content (AvgIpc) is 2.75. The molecule has 15 heavy (non-hydrogen) atoms. The van der Waals surface area contributed by atoms with Gasteiger partial charge in [-0.2, -0.15) is 5.26 Å². The summed E-state index contributed by atoms with van der Waals surface area (Å²) in [6, 6.07) is 5.43. The topological polar surface area (TPSA) is 74.5 Å². The van der Waals surface area contributed by atoms with Crippen molar-refractivity contribution < 1.29 is 9.63 Å². The molecule has 78 valence electrons. The van der Waals surface area contributed by atoms with E-state index in [9.17, 15) is 4.79 Å². The number of carbonyl (C=O) groups excluding carboxylic acids is 1. The van der Waals surface area contributed by atoms with Crippen LogP contribution in [0.15, 0.2) is 22.7 Å². The summed E-state index contributed by atoms with van der Waals surface area (Å²) in [6.07, 6.45) is 0. The van der Waals surface area contributed by atoms with Crippen LogP contribution in [0.5, 0.6) is 0 Å². The third kappa shape index (κ3) is 3.40. The van der Waals surface area contributed by atoms with Crippen LogP contribution in [0.4, 0.5) is 0 Å². The Balaban J connectivity index is 2.49. The predicted octanol–water partition coefficient (Wildman–Crippen LogP) is 0.890.